The number of nitrogens with one attached hydrogen (secondary N) is 2. The van der Waals surface area contributed by atoms with Crippen LogP contribution < -0.4 is 10.6 Å². The molecule has 1 saturated heterocycles. The van der Waals surface area contributed by atoms with Gasteiger partial charge in [-0.05, 0) is 26.4 Å². The summed E-state index contributed by atoms with van der Waals surface area (Å²) in [5, 5.41) is 4.96. The molecule has 0 bridgehead atoms. The Labute approximate surface area is 107 Å². The Morgan fingerprint density at radius 2 is 2.18 bits per heavy atom. The van der Waals surface area contributed by atoms with E-state index in [0.29, 0.717) is 12.6 Å². The van der Waals surface area contributed by atoms with E-state index in [1.165, 1.54) is 12.8 Å². The van der Waals surface area contributed by atoms with E-state index in [-0.39, 0.29) is 18.2 Å². The van der Waals surface area contributed by atoms with Gasteiger partial charge in [-0.15, -0.1) is 11.6 Å². The van der Waals surface area contributed by atoms with Crippen LogP contribution in [0.15, 0.2) is 0 Å². The van der Waals surface area contributed by atoms with Crippen LogP contribution in [0.5, 0.6) is 0 Å². The zero-order valence-electron chi connectivity index (χ0n) is 10.2. The minimum Gasteiger partial charge on any atom is -0.336 e. The van der Waals surface area contributed by atoms with Gasteiger partial charge in [0.05, 0.1) is 0 Å². The molecule has 1 rings (SSSR count). The van der Waals surface area contributed by atoms with E-state index < -0.39 is 6.03 Å². The minimum atomic E-state index is -0.431. The summed E-state index contributed by atoms with van der Waals surface area (Å²) >= 11 is 5.40. The van der Waals surface area contributed by atoms with Crippen molar-refractivity contribution < 1.29 is 9.59 Å². The minimum absolute atomic E-state index is 0.165. The molecule has 1 atom stereocenters. The third kappa shape index (κ3) is 5.37. The molecule has 2 N–H and O–H groups in total. The van der Waals surface area contributed by atoms with Crippen LogP contribution in [0.4, 0.5) is 4.79 Å². The van der Waals surface area contributed by atoms with Crippen LogP contribution in [-0.2, 0) is 4.79 Å². The van der Waals surface area contributed by atoms with Gasteiger partial charge in [-0.1, -0.05) is 6.42 Å². The number of imide groups is 1. The molecule has 17 heavy (non-hydrogen) atoms. The topological polar surface area (TPSA) is 61.4 Å². The SMILES string of the molecule is CN1CCCCC1CNC(=O)NC(=O)CCCl. The average Bonchev–Trinajstić information content (AvgIpc) is 2.28. The van der Waals surface area contributed by atoms with Crippen molar-refractivity contribution in [3.8, 4) is 0 Å². The first-order valence-electron chi connectivity index (χ1n) is 5.97. The number of halogens is 1. The van der Waals surface area contributed by atoms with Crippen LogP contribution >= 0.6 is 11.6 Å². The van der Waals surface area contributed by atoms with E-state index in [9.17, 15) is 9.59 Å². The quantitative estimate of drug-likeness (QED) is 0.740. The van der Waals surface area contributed by atoms with Gasteiger partial charge in [0.15, 0.2) is 0 Å². The summed E-state index contributed by atoms with van der Waals surface area (Å²) in [7, 11) is 2.06. The molecule has 0 aromatic carbocycles. The van der Waals surface area contributed by atoms with Gasteiger partial charge in [-0.2, -0.15) is 0 Å². The van der Waals surface area contributed by atoms with Crippen LogP contribution in [0.1, 0.15) is 25.7 Å². The molecule has 0 saturated carbocycles. The second kappa shape index (κ2) is 7.50. The predicted octanol–water partition coefficient (Wildman–Crippen LogP) is 0.925. The lowest BCUT2D eigenvalue weighted by Gasteiger charge is -2.32. The maximum absolute atomic E-state index is 11.4. The Morgan fingerprint density at radius 1 is 1.41 bits per heavy atom. The van der Waals surface area contributed by atoms with E-state index in [0.717, 1.165) is 13.0 Å². The Kier molecular flexibility index (Phi) is 6.29. The van der Waals surface area contributed by atoms with Crippen molar-refractivity contribution >= 4 is 23.5 Å². The molecule has 0 aliphatic carbocycles. The summed E-state index contributed by atoms with van der Waals surface area (Å²) in [6, 6.07) is -0.0586. The number of rotatable bonds is 4. The first kappa shape index (κ1) is 14.3. The van der Waals surface area contributed by atoms with Crippen molar-refractivity contribution in [1.82, 2.24) is 15.5 Å². The molecule has 1 aliphatic heterocycles. The zero-order valence-corrected chi connectivity index (χ0v) is 10.9. The number of carbonyl (C=O) groups excluding carboxylic acids is 2. The molecule has 98 valence electrons. The molecule has 0 aromatic heterocycles. The number of likely N-dealkylation sites (N-methyl/N-ethyl adjacent to an activating group) is 1. The number of amides is 3. The van der Waals surface area contributed by atoms with Gasteiger partial charge in [-0.25, -0.2) is 4.79 Å². The van der Waals surface area contributed by atoms with Crippen molar-refractivity contribution in [2.75, 3.05) is 26.0 Å². The fourth-order valence-corrected chi connectivity index (χ4v) is 2.10. The van der Waals surface area contributed by atoms with Gasteiger partial charge in [0, 0.05) is 24.9 Å². The number of piperidine rings is 1. The predicted molar refractivity (Wildman–Crippen MR) is 67.1 cm³/mol. The van der Waals surface area contributed by atoms with Crippen molar-refractivity contribution in [3.63, 3.8) is 0 Å². The molecule has 0 spiro atoms. The monoisotopic (exact) mass is 261 g/mol. The van der Waals surface area contributed by atoms with Gasteiger partial charge >= 0.3 is 6.03 Å². The highest BCUT2D eigenvalue weighted by Gasteiger charge is 2.19. The summed E-state index contributed by atoms with van der Waals surface area (Å²) in [5.74, 6) is -0.112. The number of hydrogen-bond acceptors (Lipinski definition) is 3. The normalized spacial score (nSPS) is 20.9. The van der Waals surface area contributed by atoms with E-state index >= 15 is 0 Å². The van der Waals surface area contributed by atoms with Crippen molar-refractivity contribution in [1.29, 1.82) is 0 Å². The first-order valence-corrected chi connectivity index (χ1v) is 6.51. The van der Waals surface area contributed by atoms with Crippen molar-refractivity contribution in [3.05, 3.63) is 0 Å². The van der Waals surface area contributed by atoms with Gasteiger partial charge in [-0.3, -0.25) is 10.1 Å². The highest BCUT2D eigenvalue weighted by atomic mass is 35.5. The molecule has 1 heterocycles. The second-order valence-corrected chi connectivity index (χ2v) is 4.71. The molecule has 0 radical (unpaired) electrons. The van der Waals surface area contributed by atoms with Crippen molar-refractivity contribution in [2.24, 2.45) is 0 Å². The van der Waals surface area contributed by atoms with E-state index in [1.54, 1.807) is 0 Å². The van der Waals surface area contributed by atoms with Crippen LogP contribution in [-0.4, -0.2) is 48.9 Å². The lowest BCUT2D eigenvalue weighted by atomic mass is 10.0. The molecule has 1 aliphatic rings. The van der Waals surface area contributed by atoms with Crippen molar-refractivity contribution in [2.45, 2.75) is 31.7 Å². The number of hydrogen-bond donors (Lipinski definition) is 2. The molecule has 1 unspecified atom stereocenters. The van der Waals surface area contributed by atoms with E-state index in [2.05, 4.69) is 22.6 Å². The van der Waals surface area contributed by atoms with E-state index in [4.69, 9.17) is 11.6 Å². The maximum Gasteiger partial charge on any atom is 0.321 e. The Morgan fingerprint density at radius 3 is 2.82 bits per heavy atom. The zero-order chi connectivity index (χ0) is 12.7. The Bertz CT molecular complexity index is 273. The fraction of sp³-hybridized carbons (Fsp3) is 0.818. The van der Waals surface area contributed by atoms with Crippen LogP contribution in [0, 0.1) is 0 Å². The van der Waals surface area contributed by atoms with Crippen LogP contribution in [0.25, 0.3) is 0 Å². The van der Waals surface area contributed by atoms with Gasteiger partial charge < -0.3 is 10.2 Å². The average molecular weight is 262 g/mol. The number of likely N-dealkylation sites (tertiary alicyclic amines) is 1. The number of nitrogens with zero attached hydrogens (tertiary/aromatic N) is 1. The summed E-state index contributed by atoms with van der Waals surface area (Å²) in [4.78, 5) is 24.7. The second-order valence-electron chi connectivity index (χ2n) is 4.33. The Hall–Kier alpha value is -0.810. The van der Waals surface area contributed by atoms with Gasteiger partial charge in [0.2, 0.25) is 5.91 Å². The fourth-order valence-electron chi connectivity index (χ4n) is 1.93. The molecule has 1 fully saturated rings. The molecular formula is C11H20ClN3O2. The molecule has 6 heteroatoms. The van der Waals surface area contributed by atoms with Gasteiger partial charge in [0.25, 0.3) is 0 Å². The first-order chi connectivity index (χ1) is 8.13. The lowest BCUT2D eigenvalue weighted by molar-refractivity contribution is -0.119. The highest BCUT2D eigenvalue weighted by Crippen LogP contribution is 2.13. The molecule has 5 nitrogen and oxygen atoms in total. The summed E-state index contributed by atoms with van der Waals surface area (Å²) in [6.07, 6.45) is 3.67. The van der Waals surface area contributed by atoms with Gasteiger partial charge in [0.1, 0.15) is 0 Å². The number of urea groups is 1. The third-order valence-electron chi connectivity index (χ3n) is 2.99. The maximum atomic E-state index is 11.4. The Balaban J connectivity index is 2.20. The third-order valence-corrected chi connectivity index (χ3v) is 3.18. The summed E-state index contributed by atoms with van der Waals surface area (Å²) < 4.78 is 0. The number of carbonyl (C=O) groups is 2. The molecular weight excluding hydrogens is 242 g/mol. The largest absolute Gasteiger partial charge is 0.336 e. The summed E-state index contributed by atoms with van der Waals surface area (Å²) in [6.45, 7) is 1.65. The standard InChI is InChI=1S/C11H20ClN3O2/c1-15-7-3-2-4-9(15)8-13-11(17)14-10(16)5-6-12/h9H,2-8H2,1H3,(H2,13,14,16,17). The highest BCUT2D eigenvalue weighted by molar-refractivity contribution is 6.19. The van der Waals surface area contributed by atoms with E-state index in [1.807, 2.05) is 0 Å². The van der Waals surface area contributed by atoms with Crippen LogP contribution in [0.3, 0.4) is 0 Å². The molecule has 0 aromatic rings. The van der Waals surface area contributed by atoms with Crippen LogP contribution in [0.2, 0.25) is 0 Å². The summed E-state index contributed by atoms with van der Waals surface area (Å²) in [5.41, 5.74) is 0. The smallest absolute Gasteiger partial charge is 0.321 e. The lowest BCUT2D eigenvalue weighted by Crippen LogP contribution is -2.48. The molecule has 3 amide bonds. The number of alkyl halides is 1.